The lowest BCUT2D eigenvalue weighted by Gasteiger charge is -2.22. The van der Waals surface area contributed by atoms with Crippen molar-refractivity contribution in [3.63, 3.8) is 0 Å². The van der Waals surface area contributed by atoms with Crippen LogP contribution in [0.1, 0.15) is 58.9 Å². The van der Waals surface area contributed by atoms with E-state index in [9.17, 15) is 0 Å². The van der Waals surface area contributed by atoms with Gasteiger partial charge in [0.25, 0.3) is 0 Å². The summed E-state index contributed by atoms with van der Waals surface area (Å²) in [5, 5.41) is 0. The molecule has 0 spiro atoms. The molecule has 0 aromatic heterocycles. The van der Waals surface area contributed by atoms with E-state index in [1.165, 1.54) is 5.56 Å². The van der Waals surface area contributed by atoms with Crippen molar-refractivity contribution in [2.24, 2.45) is 5.73 Å². The first-order valence-electron chi connectivity index (χ1n) is 8.34. The van der Waals surface area contributed by atoms with E-state index in [-0.39, 0.29) is 12.2 Å². The maximum absolute atomic E-state index is 6.16. The topological polar surface area (TPSA) is 44.5 Å². The van der Waals surface area contributed by atoms with Crippen molar-refractivity contribution in [3.8, 4) is 11.5 Å². The fourth-order valence-electron chi connectivity index (χ4n) is 2.33. The molecule has 3 nitrogen and oxygen atoms in total. The van der Waals surface area contributed by atoms with Crippen LogP contribution in [0.25, 0.3) is 0 Å². The van der Waals surface area contributed by atoms with Crippen LogP contribution >= 0.6 is 0 Å². The Hall–Kier alpha value is -1.22. The maximum Gasteiger partial charge on any atom is 0.161 e. The number of hydrogen-bond acceptors (Lipinski definition) is 3. The lowest BCUT2D eigenvalue weighted by Crippen LogP contribution is -2.18. The Bertz CT molecular complexity index is 398. The van der Waals surface area contributed by atoms with Gasteiger partial charge in [0.2, 0.25) is 0 Å². The Morgan fingerprint density at radius 1 is 0.857 bits per heavy atom. The van der Waals surface area contributed by atoms with E-state index in [2.05, 4.69) is 39.8 Å². The van der Waals surface area contributed by atoms with E-state index >= 15 is 0 Å². The Kier molecular flexibility index (Phi) is 8.21. The molecule has 1 aromatic rings. The van der Waals surface area contributed by atoms with Crippen LogP contribution in [0.2, 0.25) is 0 Å². The van der Waals surface area contributed by atoms with Crippen LogP contribution < -0.4 is 15.2 Å². The molecule has 0 saturated heterocycles. The minimum atomic E-state index is 0.238. The van der Waals surface area contributed by atoms with Crippen LogP contribution in [0.5, 0.6) is 11.5 Å². The first-order chi connectivity index (χ1) is 10.2. The molecule has 120 valence electrons. The highest BCUT2D eigenvalue weighted by Crippen LogP contribution is 2.32. The zero-order chi connectivity index (χ0) is 15.7. The molecule has 1 rings (SSSR count). The largest absolute Gasteiger partial charge is 0.487 e. The molecule has 0 bridgehead atoms. The smallest absolute Gasteiger partial charge is 0.161 e. The Balaban J connectivity index is 2.98. The van der Waals surface area contributed by atoms with Crippen LogP contribution in [0.3, 0.4) is 0 Å². The van der Waals surface area contributed by atoms with E-state index in [0.29, 0.717) is 6.54 Å². The summed E-state index contributed by atoms with van der Waals surface area (Å²) in [4.78, 5) is 0. The molecule has 3 heteroatoms. The third kappa shape index (κ3) is 5.58. The second kappa shape index (κ2) is 9.67. The predicted molar refractivity (Wildman–Crippen MR) is 89.2 cm³/mol. The summed E-state index contributed by atoms with van der Waals surface area (Å²) in [6.07, 6.45) is 5.36. The normalized spacial score (nSPS) is 11.2. The van der Waals surface area contributed by atoms with Crippen molar-refractivity contribution in [3.05, 3.63) is 23.8 Å². The minimum Gasteiger partial charge on any atom is -0.487 e. The van der Waals surface area contributed by atoms with Crippen molar-refractivity contribution in [2.45, 2.75) is 72.0 Å². The second-order valence-electron chi connectivity index (χ2n) is 5.43. The molecular weight excluding hydrogens is 262 g/mol. The summed E-state index contributed by atoms with van der Waals surface area (Å²) in [6, 6.07) is 6.20. The first-order valence-corrected chi connectivity index (χ1v) is 8.34. The number of hydrogen-bond donors (Lipinski definition) is 1. The average Bonchev–Trinajstić information content (AvgIpc) is 2.52. The Morgan fingerprint density at radius 3 is 1.86 bits per heavy atom. The monoisotopic (exact) mass is 293 g/mol. The van der Waals surface area contributed by atoms with Crippen LogP contribution in [0, 0.1) is 0 Å². The molecule has 0 heterocycles. The van der Waals surface area contributed by atoms with Gasteiger partial charge >= 0.3 is 0 Å². The van der Waals surface area contributed by atoms with Crippen molar-refractivity contribution in [1.29, 1.82) is 0 Å². The van der Waals surface area contributed by atoms with Crippen molar-refractivity contribution in [2.75, 3.05) is 6.54 Å². The number of nitrogens with two attached hydrogens (primary N) is 1. The minimum absolute atomic E-state index is 0.238. The highest BCUT2D eigenvalue weighted by molar-refractivity contribution is 5.43. The standard InChI is InChI=1S/C18H31NO2/c1-5-15(6-2)20-17-10-9-14(11-12-19)13-18(17)21-16(7-3)8-4/h9-10,13,15-16H,5-8,11-12,19H2,1-4H3. The summed E-state index contributed by atoms with van der Waals surface area (Å²) in [5.41, 5.74) is 6.86. The van der Waals surface area contributed by atoms with Gasteiger partial charge in [0, 0.05) is 0 Å². The summed E-state index contributed by atoms with van der Waals surface area (Å²) in [6.45, 7) is 9.26. The van der Waals surface area contributed by atoms with Gasteiger partial charge in [0.1, 0.15) is 0 Å². The van der Waals surface area contributed by atoms with Gasteiger partial charge in [-0.05, 0) is 56.3 Å². The van der Waals surface area contributed by atoms with Gasteiger partial charge in [-0.15, -0.1) is 0 Å². The quantitative estimate of drug-likeness (QED) is 0.698. The highest BCUT2D eigenvalue weighted by atomic mass is 16.5. The summed E-state index contributed by atoms with van der Waals surface area (Å²) >= 11 is 0. The molecule has 0 amide bonds. The SMILES string of the molecule is CCC(CC)Oc1ccc(CCN)cc1OC(CC)CC. The van der Waals surface area contributed by atoms with Gasteiger partial charge in [-0.1, -0.05) is 33.8 Å². The van der Waals surface area contributed by atoms with Gasteiger partial charge in [-0.25, -0.2) is 0 Å². The Labute approximate surface area is 129 Å². The molecule has 0 unspecified atom stereocenters. The summed E-state index contributed by atoms with van der Waals surface area (Å²) in [5.74, 6) is 1.72. The van der Waals surface area contributed by atoms with E-state index < -0.39 is 0 Å². The zero-order valence-electron chi connectivity index (χ0n) is 14.0. The molecule has 0 aliphatic carbocycles. The van der Waals surface area contributed by atoms with Gasteiger partial charge in [-0.3, -0.25) is 0 Å². The van der Waals surface area contributed by atoms with Gasteiger partial charge < -0.3 is 15.2 Å². The third-order valence-electron chi connectivity index (χ3n) is 3.85. The van der Waals surface area contributed by atoms with Crippen LogP contribution in [0.4, 0.5) is 0 Å². The van der Waals surface area contributed by atoms with Crippen molar-refractivity contribution >= 4 is 0 Å². The fraction of sp³-hybridized carbons (Fsp3) is 0.667. The number of rotatable bonds is 10. The average molecular weight is 293 g/mol. The summed E-state index contributed by atoms with van der Waals surface area (Å²) < 4.78 is 12.3. The lowest BCUT2D eigenvalue weighted by molar-refractivity contribution is 0.155. The summed E-state index contributed by atoms with van der Waals surface area (Å²) in [7, 11) is 0. The molecule has 2 N–H and O–H groups in total. The van der Waals surface area contributed by atoms with Crippen molar-refractivity contribution in [1.82, 2.24) is 0 Å². The van der Waals surface area contributed by atoms with Gasteiger partial charge in [-0.2, -0.15) is 0 Å². The van der Waals surface area contributed by atoms with E-state index in [0.717, 1.165) is 43.6 Å². The maximum atomic E-state index is 6.16. The molecule has 0 aliphatic heterocycles. The van der Waals surface area contributed by atoms with E-state index in [1.54, 1.807) is 0 Å². The fourth-order valence-corrected chi connectivity index (χ4v) is 2.33. The zero-order valence-corrected chi connectivity index (χ0v) is 14.0. The van der Waals surface area contributed by atoms with E-state index in [1.807, 2.05) is 6.07 Å². The molecule has 0 atom stereocenters. The first kappa shape index (κ1) is 17.8. The molecule has 0 saturated carbocycles. The van der Waals surface area contributed by atoms with Crippen LogP contribution in [-0.2, 0) is 6.42 Å². The van der Waals surface area contributed by atoms with Gasteiger partial charge in [0.15, 0.2) is 11.5 Å². The van der Waals surface area contributed by atoms with E-state index in [4.69, 9.17) is 15.2 Å². The third-order valence-corrected chi connectivity index (χ3v) is 3.85. The molecule has 0 radical (unpaired) electrons. The molecule has 21 heavy (non-hydrogen) atoms. The highest BCUT2D eigenvalue weighted by Gasteiger charge is 2.14. The molecule has 0 fully saturated rings. The van der Waals surface area contributed by atoms with Gasteiger partial charge in [0.05, 0.1) is 12.2 Å². The molecular formula is C18H31NO2. The lowest BCUT2D eigenvalue weighted by atomic mass is 10.1. The van der Waals surface area contributed by atoms with Crippen LogP contribution in [-0.4, -0.2) is 18.8 Å². The number of ether oxygens (including phenoxy) is 2. The van der Waals surface area contributed by atoms with Crippen molar-refractivity contribution < 1.29 is 9.47 Å². The molecule has 1 aromatic carbocycles. The predicted octanol–water partition coefficient (Wildman–Crippen LogP) is 4.32. The number of benzene rings is 1. The Morgan fingerprint density at radius 2 is 1.38 bits per heavy atom. The molecule has 0 aliphatic rings. The second-order valence-corrected chi connectivity index (χ2v) is 5.43. The van der Waals surface area contributed by atoms with Crippen LogP contribution in [0.15, 0.2) is 18.2 Å².